The Balaban J connectivity index is 1.68. The molecule has 0 spiro atoms. The third-order valence-electron chi connectivity index (χ3n) is 4.87. The van der Waals surface area contributed by atoms with Crippen molar-refractivity contribution >= 4 is 23.8 Å². The van der Waals surface area contributed by atoms with E-state index in [1.165, 1.54) is 27.7 Å². The SMILES string of the molecule is CC(C)[C@@H](CNC=S)NC(=O)OCC1c2ccccc2-c2ccccc21. The monoisotopic (exact) mass is 368 g/mol. The average Bonchev–Trinajstić information content (AvgIpc) is 2.97. The summed E-state index contributed by atoms with van der Waals surface area (Å²) >= 11 is 4.79. The Bertz CT molecular complexity index is 746. The van der Waals surface area contributed by atoms with Gasteiger partial charge in [-0.2, -0.15) is 0 Å². The molecule has 0 saturated carbocycles. The molecule has 2 aromatic carbocycles. The largest absolute Gasteiger partial charge is 0.449 e. The number of thiocarbonyl (C=S) groups is 1. The summed E-state index contributed by atoms with van der Waals surface area (Å²) in [6, 6.07) is 16.6. The van der Waals surface area contributed by atoms with Crippen LogP contribution in [0.25, 0.3) is 11.1 Å². The molecule has 0 saturated heterocycles. The fourth-order valence-corrected chi connectivity index (χ4v) is 3.52. The predicted octanol–water partition coefficient (Wildman–Crippen LogP) is 4.10. The average molecular weight is 369 g/mol. The Hall–Kier alpha value is -2.40. The Labute approximate surface area is 160 Å². The van der Waals surface area contributed by atoms with Gasteiger partial charge in [0.25, 0.3) is 0 Å². The second kappa shape index (κ2) is 8.32. The number of benzene rings is 2. The zero-order valence-electron chi connectivity index (χ0n) is 15.1. The molecule has 2 N–H and O–H groups in total. The fraction of sp³-hybridized carbons (Fsp3) is 0.333. The summed E-state index contributed by atoms with van der Waals surface area (Å²) < 4.78 is 5.59. The molecule has 0 aromatic heterocycles. The molecule has 0 fully saturated rings. The fourth-order valence-electron chi connectivity index (χ4n) is 3.42. The molecule has 0 bridgehead atoms. The number of hydrogen-bond acceptors (Lipinski definition) is 3. The highest BCUT2D eigenvalue weighted by atomic mass is 32.1. The van der Waals surface area contributed by atoms with Crippen LogP contribution in [-0.4, -0.2) is 30.8 Å². The molecular formula is C21H24N2O2S. The van der Waals surface area contributed by atoms with E-state index >= 15 is 0 Å². The van der Waals surface area contributed by atoms with Crippen LogP contribution in [-0.2, 0) is 4.74 Å². The van der Waals surface area contributed by atoms with Crippen molar-refractivity contribution in [2.45, 2.75) is 25.8 Å². The number of carbonyl (C=O) groups is 1. The minimum absolute atomic E-state index is 0.0372. The van der Waals surface area contributed by atoms with Crippen molar-refractivity contribution in [1.82, 2.24) is 10.6 Å². The highest BCUT2D eigenvalue weighted by Crippen LogP contribution is 2.44. The Morgan fingerprint density at radius 1 is 1.12 bits per heavy atom. The first-order chi connectivity index (χ1) is 12.6. The van der Waals surface area contributed by atoms with Crippen LogP contribution >= 0.6 is 12.2 Å². The summed E-state index contributed by atoms with van der Waals surface area (Å²) in [5.41, 5.74) is 6.34. The third-order valence-corrected chi connectivity index (χ3v) is 5.04. The van der Waals surface area contributed by atoms with Crippen LogP contribution in [0.1, 0.15) is 30.9 Å². The van der Waals surface area contributed by atoms with Gasteiger partial charge in [0, 0.05) is 12.5 Å². The van der Waals surface area contributed by atoms with Crippen LogP contribution in [0.4, 0.5) is 4.79 Å². The number of amides is 1. The van der Waals surface area contributed by atoms with Crippen LogP contribution in [0.3, 0.4) is 0 Å². The zero-order chi connectivity index (χ0) is 18.5. The van der Waals surface area contributed by atoms with Crippen LogP contribution in [0.5, 0.6) is 0 Å². The lowest BCUT2D eigenvalue weighted by Crippen LogP contribution is -2.45. The highest BCUT2D eigenvalue weighted by Gasteiger charge is 2.29. The summed E-state index contributed by atoms with van der Waals surface area (Å²) in [5, 5.41) is 5.91. The molecule has 1 aliphatic rings. The second-order valence-corrected chi connectivity index (χ2v) is 7.08. The molecule has 0 aliphatic heterocycles. The Morgan fingerprint density at radius 2 is 1.69 bits per heavy atom. The number of hydrogen-bond donors (Lipinski definition) is 2. The first-order valence-electron chi connectivity index (χ1n) is 8.90. The molecule has 2 aromatic rings. The Kier molecular flexibility index (Phi) is 5.89. The molecular weight excluding hydrogens is 344 g/mol. The van der Waals surface area contributed by atoms with Crippen molar-refractivity contribution in [3.63, 3.8) is 0 Å². The number of ether oxygens (including phenoxy) is 1. The van der Waals surface area contributed by atoms with Crippen molar-refractivity contribution < 1.29 is 9.53 Å². The number of carbonyl (C=O) groups excluding carboxylic acids is 1. The molecule has 1 atom stereocenters. The maximum atomic E-state index is 12.3. The quantitative estimate of drug-likeness (QED) is 0.723. The lowest BCUT2D eigenvalue weighted by atomic mass is 9.98. The number of rotatable bonds is 7. The maximum absolute atomic E-state index is 12.3. The van der Waals surface area contributed by atoms with Crippen LogP contribution in [0.2, 0.25) is 0 Å². The first-order valence-corrected chi connectivity index (χ1v) is 9.37. The van der Waals surface area contributed by atoms with Gasteiger partial charge in [0.1, 0.15) is 6.61 Å². The molecule has 136 valence electrons. The smallest absolute Gasteiger partial charge is 0.407 e. The summed E-state index contributed by atoms with van der Waals surface area (Å²) in [4.78, 5) is 12.3. The summed E-state index contributed by atoms with van der Waals surface area (Å²) in [6.45, 7) is 5.02. The van der Waals surface area contributed by atoms with E-state index in [9.17, 15) is 4.79 Å². The lowest BCUT2D eigenvalue weighted by Gasteiger charge is -2.22. The first kappa shape index (κ1) is 18.4. The van der Waals surface area contributed by atoms with E-state index in [0.29, 0.717) is 13.2 Å². The van der Waals surface area contributed by atoms with Gasteiger partial charge in [-0.1, -0.05) is 74.6 Å². The molecule has 0 heterocycles. The Morgan fingerprint density at radius 3 is 2.23 bits per heavy atom. The van der Waals surface area contributed by atoms with Crippen LogP contribution < -0.4 is 10.6 Å². The third kappa shape index (κ3) is 3.88. The summed E-state index contributed by atoms with van der Waals surface area (Å²) in [7, 11) is 0. The number of alkyl carbamates (subject to hydrolysis) is 1. The van der Waals surface area contributed by atoms with E-state index in [2.05, 4.69) is 48.7 Å². The molecule has 4 nitrogen and oxygen atoms in total. The second-order valence-electron chi connectivity index (χ2n) is 6.85. The van der Waals surface area contributed by atoms with E-state index in [1.54, 1.807) is 0 Å². The van der Waals surface area contributed by atoms with Gasteiger partial charge in [-0.15, -0.1) is 0 Å². The minimum atomic E-state index is -0.392. The zero-order valence-corrected chi connectivity index (χ0v) is 15.9. The van der Waals surface area contributed by atoms with Gasteiger partial charge in [-0.05, 0) is 28.2 Å². The van der Waals surface area contributed by atoms with Crippen molar-refractivity contribution in [3.8, 4) is 11.1 Å². The molecule has 0 radical (unpaired) electrons. The van der Waals surface area contributed by atoms with Gasteiger partial charge in [0.2, 0.25) is 0 Å². The summed E-state index contributed by atoms with van der Waals surface area (Å²) in [6.07, 6.45) is -0.392. The van der Waals surface area contributed by atoms with Crippen molar-refractivity contribution in [2.75, 3.05) is 13.2 Å². The number of fused-ring (bicyclic) bond motifs is 3. The minimum Gasteiger partial charge on any atom is -0.449 e. The van der Waals surface area contributed by atoms with E-state index in [0.717, 1.165) is 0 Å². The maximum Gasteiger partial charge on any atom is 0.407 e. The van der Waals surface area contributed by atoms with Crippen molar-refractivity contribution in [1.29, 1.82) is 0 Å². The lowest BCUT2D eigenvalue weighted by molar-refractivity contribution is 0.136. The van der Waals surface area contributed by atoms with Gasteiger partial charge in [0.05, 0.1) is 11.5 Å². The van der Waals surface area contributed by atoms with Crippen LogP contribution in [0.15, 0.2) is 48.5 Å². The predicted molar refractivity (Wildman–Crippen MR) is 108 cm³/mol. The molecule has 26 heavy (non-hydrogen) atoms. The van der Waals surface area contributed by atoms with E-state index in [1.807, 2.05) is 24.3 Å². The van der Waals surface area contributed by atoms with E-state index in [-0.39, 0.29) is 17.9 Å². The molecule has 5 heteroatoms. The van der Waals surface area contributed by atoms with Gasteiger partial charge in [0.15, 0.2) is 0 Å². The van der Waals surface area contributed by atoms with E-state index < -0.39 is 6.09 Å². The van der Waals surface area contributed by atoms with Crippen LogP contribution in [0, 0.1) is 5.92 Å². The summed E-state index contributed by atoms with van der Waals surface area (Å²) in [5.74, 6) is 0.350. The molecule has 1 amide bonds. The molecule has 0 unspecified atom stereocenters. The number of nitrogens with one attached hydrogen (secondary N) is 2. The van der Waals surface area contributed by atoms with Gasteiger partial charge < -0.3 is 15.4 Å². The normalized spacial score (nSPS) is 13.7. The topological polar surface area (TPSA) is 50.4 Å². The van der Waals surface area contributed by atoms with Gasteiger partial charge in [-0.3, -0.25) is 0 Å². The van der Waals surface area contributed by atoms with E-state index in [4.69, 9.17) is 17.0 Å². The standard InChI is InChI=1S/C21H24N2O2S/c1-14(2)20(11-22-13-26)23-21(24)25-12-19-17-9-5-3-7-15(17)16-8-4-6-10-18(16)19/h3-10,13-14,19-20H,11-12H2,1-2H3,(H,22,26)(H,23,24)/t20-/m1/s1. The molecule has 1 aliphatic carbocycles. The highest BCUT2D eigenvalue weighted by molar-refractivity contribution is 7.78. The van der Waals surface area contributed by atoms with Crippen molar-refractivity contribution in [2.24, 2.45) is 5.92 Å². The van der Waals surface area contributed by atoms with Gasteiger partial charge in [-0.25, -0.2) is 4.79 Å². The molecule has 3 rings (SSSR count). The van der Waals surface area contributed by atoms with Crippen molar-refractivity contribution in [3.05, 3.63) is 59.7 Å². The van der Waals surface area contributed by atoms with Gasteiger partial charge >= 0.3 is 6.09 Å².